The third-order valence-corrected chi connectivity index (χ3v) is 5.52. The van der Waals surface area contributed by atoms with Gasteiger partial charge in [0.05, 0.1) is 24.0 Å². The third kappa shape index (κ3) is 5.40. The number of nitrogens with two attached hydrogens (primary N) is 1. The summed E-state index contributed by atoms with van der Waals surface area (Å²) in [5, 5.41) is 0. The molecule has 2 atom stereocenters. The van der Waals surface area contributed by atoms with Crippen molar-refractivity contribution in [3.63, 3.8) is 0 Å². The Morgan fingerprint density at radius 2 is 2.04 bits per heavy atom. The van der Waals surface area contributed by atoms with Crippen LogP contribution >= 0.6 is 15.9 Å². The van der Waals surface area contributed by atoms with Crippen LogP contribution in [-0.2, 0) is 25.1 Å². The summed E-state index contributed by atoms with van der Waals surface area (Å²) in [6.07, 6.45) is 0.0954. The number of carbonyl (C=O) groups is 2. The van der Waals surface area contributed by atoms with Gasteiger partial charge in [-0.2, -0.15) is 0 Å². The molecule has 23 heavy (non-hydrogen) atoms. The SMILES string of the molecule is NC(=O)C1CN(C(=O)CCCS(=O)c2ccc(Br)cc2)CCO1. The Morgan fingerprint density at radius 3 is 2.70 bits per heavy atom. The first-order chi connectivity index (χ1) is 11.0. The number of carbonyl (C=O) groups excluding carboxylic acids is 2. The molecule has 1 fully saturated rings. The van der Waals surface area contributed by atoms with E-state index in [1.165, 1.54) is 0 Å². The van der Waals surface area contributed by atoms with Crippen LogP contribution in [0.4, 0.5) is 0 Å². The van der Waals surface area contributed by atoms with Crippen molar-refractivity contribution < 1.29 is 18.5 Å². The summed E-state index contributed by atoms with van der Waals surface area (Å²) in [7, 11) is -1.12. The van der Waals surface area contributed by atoms with Crippen LogP contribution in [0, 0.1) is 0 Å². The van der Waals surface area contributed by atoms with E-state index < -0.39 is 22.8 Å². The molecule has 0 bridgehead atoms. The molecule has 8 heteroatoms. The van der Waals surface area contributed by atoms with Gasteiger partial charge in [0.1, 0.15) is 0 Å². The van der Waals surface area contributed by atoms with Crippen LogP contribution in [-0.4, -0.2) is 52.5 Å². The lowest BCUT2D eigenvalue weighted by Gasteiger charge is -2.31. The highest BCUT2D eigenvalue weighted by molar-refractivity contribution is 9.10. The molecule has 0 aliphatic carbocycles. The molecule has 6 nitrogen and oxygen atoms in total. The molecule has 1 aliphatic heterocycles. The minimum absolute atomic E-state index is 0.0626. The van der Waals surface area contributed by atoms with Crippen molar-refractivity contribution >= 4 is 38.5 Å². The summed E-state index contributed by atoms with van der Waals surface area (Å²) in [6, 6.07) is 7.30. The number of morpholine rings is 1. The second kappa shape index (κ2) is 8.56. The smallest absolute Gasteiger partial charge is 0.248 e. The third-order valence-electron chi connectivity index (χ3n) is 3.53. The van der Waals surface area contributed by atoms with Gasteiger partial charge in [0.2, 0.25) is 11.8 Å². The number of halogens is 1. The Kier molecular flexibility index (Phi) is 6.73. The van der Waals surface area contributed by atoms with Crippen LogP contribution in [0.3, 0.4) is 0 Å². The van der Waals surface area contributed by atoms with Crippen molar-refractivity contribution in [1.82, 2.24) is 4.90 Å². The molecule has 2 unspecified atom stereocenters. The van der Waals surface area contributed by atoms with E-state index in [0.29, 0.717) is 31.7 Å². The van der Waals surface area contributed by atoms with Gasteiger partial charge < -0.3 is 15.4 Å². The normalized spacial score (nSPS) is 19.3. The molecule has 1 saturated heterocycles. The van der Waals surface area contributed by atoms with Gasteiger partial charge in [-0.05, 0) is 30.7 Å². The van der Waals surface area contributed by atoms with E-state index in [4.69, 9.17) is 10.5 Å². The lowest BCUT2D eigenvalue weighted by atomic mass is 10.2. The second-order valence-corrected chi connectivity index (χ2v) is 7.70. The van der Waals surface area contributed by atoms with Crippen LogP contribution in [0.2, 0.25) is 0 Å². The summed E-state index contributed by atoms with van der Waals surface area (Å²) >= 11 is 3.33. The summed E-state index contributed by atoms with van der Waals surface area (Å²) in [5.41, 5.74) is 5.20. The molecular weight excluding hydrogens is 384 g/mol. The quantitative estimate of drug-likeness (QED) is 0.769. The summed E-state index contributed by atoms with van der Waals surface area (Å²) < 4.78 is 18.3. The van der Waals surface area contributed by atoms with E-state index in [2.05, 4.69) is 15.9 Å². The Hall–Kier alpha value is -1.25. The van der Waals surface area contributed by atoms with E-state index in [1.54, 1.807) is 17.0 Å². The molecular formula is C15H19BrN2O4S. The minimum atomic E-state index is -1.12. The molecule has 0 radical (unpaired) electrons. The van der Waals surface area contributed by atoms with Crippen LogP contribution in [0.15, 0.2) is 33.6 Å². The van der Waals surface area contributed by atoms with Crippen molar-refractivity contribution in [2.45, 2.75) is 23.8 Å². The molecule has 0 aromatic heterocycles. The molecule has 1 heterocycles. The Balaban J connectivity index is 1.77. The standard InChI is InChI=1S/C15H19BrN2O4S/c16-11-3-5-12(6-4-11)23(21)9-1-2-14(19)18-7-8-22-13(10-18)15(17)20/h3-6,13H,1-2,7-10H2,(H2,17,20). The number of primary amides is 1. The number of nitrogens with zero attached hydrogens (tertiary/aromatic N) is 1. The Bertz CT molecular complexity index is 594. The predicted octanol–water partition coefficient (Wildman–Crippen LogP) is 1.05. The average Bonchev–Trinajstić information content (AvgIpc) is 2.55. The zero-order chi connectivity index (χ0) is 16.8. The van der Waals surface area contributed by atoms with Crippen LogP contribution in [0.25, 0.3) is 0 Å². The average molecular weight is 403 g/mol. The minimum Gasteiger partial charge on any atom is -0.367 e. The van der Waals surface area contributed by atoms with Gasteiger partial charge in [-0.25, -0.2) is 0 Å². The zero-order valence-electron chi connectivity index (χ0n) is 12.6. The number of rotatable bonds is 6. The lowest BCUT2D eigenvalue weighted by molar-refractivity contribution is -0.145. The van der Waals surface area contributed by atoms with E-state index >= 15 is 0 Å². The zero-order valence-corrected chi connectivity index (χ0v) is 15.0. The highest BCUT2D eigenvalue weighted by Crippen LogP contribution is 2.15. The van der Waals surface area contributed by atoms with Crippen molar-refractivity contribution in [2.75, 3.05) is 25.4 Å². The highest BCUT2D eigenvalue weighted by atomic mass is 79.9. The van der Waals surface area contributed by atoms with Crippen LogP contribution in [0.5, 0.6) is 0 Å². The number of amides is 2. The van der Waals surface area contributed by atoms with E-state index in [0.717, 1.165) is 9.37 Å². The summed E-state index contributed by atoms with van der Waals surface area (Å²) in [4.78, 5) is 25.6. The Morgan fingerprint density at radius 1 is 1.35 bits per heavy atom. The molecule has 1 aromatic rings. The first-order valence-electron chi connectivity index (χ1n) is 7.30. The van der Waals surface area contributed by atoms with Crippen molar-refractivity contribution in [3.05, 3.63) is 28.7 Å². The van der Waals surface area contributed by atoms with Crippen molar-refractivity contribution in [2.24, 2.45) is 5.73 Å². The number of hydrogen-bond donors (Lipinski definition) is 1. The molecule has 2 amide bonds. The maximum absolute atomic E-state index is 12.1. The topological polar surface area (TPSA) is 89.7 Å². The van der Waals surface area contributed by atoms with Gasteiger partial charge >= 0.3 is 0 Å². The molecule has 1 aliphatic rings. The van der Waals surface area contributed by atoms with Crippen molar-refractivity contribution in [3.8, 4) is 0 Å². The van der Waals surface area contributed by atoms with E-state index in [9.17, 15) is 13.8 Å². The molecule has 2 N–H and O–H groups in total. The number of ether oxygens (including phenoxy) is 1. The van der Waals surface area contributed by atoms with E-state index in [1.807, 2.05) is 12.1 Å². The molecule has 0 spiro atoms. The van der Waals surface area contributed by atoms with Gasteiger partial charge in [-0.1, -0.05) is 15.9 Å². The molecule has 2 rings (SSSR count). The maximum Gasteiger partial charge on any atom is 0.248 e. The highest BCUT2D eigenvalue weighted by Gasteiger charge is 2.27. The monoisotopic (exact) mass is 402 g/mol. The van der Waals surface area contributed by atoms with Gasteiger partial charge in [0.25, 0.3) is 0 Å². The first-order valence-corrected chi connectivity index (χ1v) is 9.41. The number of benzene rings is 1. The van der Waals surface area contributed by atoms with Gasteiger partial charge in [-0.15, -0.1) is 0 Å². The van der Waals surface area contributed by atoms with Gasteiger partial charge in [-0.3, -0.25) is 13.8 Å². The summed E-state index contributed by atoms with van der Waals surface area (Å²) in [6.45, 7) is 0.965. The molecule has 126 valence electrons. The van der Waals surface area contributed by atoms with Crippen molar-refractivity contribution in [1.29, 1.82) is 0 Å². The summed E-state index contributed by atoms with van der Waals surface area (Å²) in [5.74, 6) is -0.192. The molecule has 1 aromatic carbocycles. The maximum atomic E-state index is 12.1. The van der Waals surface area contributed by atoms with Gasteiger partial charge in [0, 0.05) is 28.1 Å². The lowest BCUT2D eigenvalue weighted by Crippen LogP contribution is -2.50. The Labute approximate surface area is 145 Å². The van der Waals surface area contributed by atoms with Crippen LogP contribution < -0.4 is 5.73 Å². The predicted molar refractivity (Wildman–Crippen MR) is 90.2 cm³/mol. The fourth-order valence-electron chi connectivity index (χ4n) is 2.26. The first kappa shape index (κ1) is 18.1. The van der Waals surface area contributed by atoms with E-state index in [-0.39, 0.29) is 12.5 Å². The second-order valence-electron chi connectivity index (χ2n) is 5.21. The fraction of sp³-hybridized carbons (Fsp3) is 0.467. The largest absolute Gasteiger partial charge is 0.367 e. The fourth-order valence-corrected chi connectivity index (χ4v) is 3.61. The molecule has 0 saturated carbocycles. The van der Waals surface area contributed by atoms with Gasteiger partial charge in [0.15, 0.2) is 6.10 Å². The van der Waals surface area contributed by atoms with Crippen LogP contribution in [0.1, 0.15) is 12.8 Å². The number of hydrogen-bond acceptors (Lipinski definition) is 4.